The van der Waals surface area contributed by atoms with Crippen molar-refractivity contribution in [3.05, 3.63) is 53.7 Å². The first-order chi connectivity index (χ1) is 16.5. The topological polar surface area (TPSA) is 78.9 Å². The summed E-state index contributed by atoms with van der Waals surface area (Å²) in [5.41, 5.74) is 4.91. The van der Waals surface area contributed by atoms with Crippen LogP contribution in [0.15, 0.2) is 42.6 Å². The van der Waals surface area contributed by atoms with Gasteiger partial charge >= 0.3 is 0 Å². The number of fused-ring (bicyclic) bond motifs is 1. The van der Waals surface area contributed by atoms with Crippen molar-refractivity contribution in [3.63, 3.8) is 0 Å². The molecule has 2 aliphatic carbocycles. The number of rotatable bonds is 7. The maximum atomic E-state index is 12.5. The van der Waals surface area contributed by atoms with Crippen molar-refractivity contribution in [1.29, 1.82) is 0 Å². The van der Waals surface area contributed by atoms with Gasteiger partial charge in [0.25, 0.3) is 5.91 Å². The van der Waals surface area contributed by atoms with Gasteiger partial charge in [-0.25, -0.2) is 9.97 Å². The van der Waals surface area contributed by atoms with Crippen LogP contribution in [-0.2, 0) is 0 Å². The number of nitrogens with zero attached hydrogens (tertiary/aromatic N) is 2. The second-order valence-electron chi connectivity index (χ2n) is 10.2. The van der Waals surface area contributed by atoms with E-state index >= 15 is 0 Å². The average Bonchev–Trinajstić information content (AvgIpc) is 3.64. The molecule has 2 saturated carbocycles. The van der Waals surface area contributed by atoms with Crippen molar-refractivity contribution in [2.75, 3.05) is 5.32 Å². The lowest BCUT2D eigenvalue weighted by atomic mass is 9.90. The Hall–Kier alpha value is -2.99. The van der Waals surface area contributed by atoms with Gasteiger partial charge in [-0.3, -0.25) is 4.79 Å². The van der Waals surface area contributed by atoms with E-state index in [0.29, 0.717) is 35.7 Å². The molecule has 2 aliphatic rings. The number of hydrogen-bond donors (Lipinski definition) is 3. The first-order valence-electron chi connectivity index (χ1n) is 12.7. The number of carbonyl (C=O) groups excluding carboxylic acids is 1. The molecule has 0 bridgehead atoms. The fourth-order valence-corrected chi connectivity index (χ4v) is 4.94. The minimum atomic E-state index is 0.0107. The third-order valence-corrected chi connectivity index (χ3v) is 6.93. The molecule has 3 N–H and O–H groups in total. The lowest BCUT2D eigenvalue weighted by molar-refractivity contribution is 0.0951. The number of nitrogens with one attached hydrogen (secondary N) is 3. The highest BCUT2D eigenvalue weighted by Gasteiger charge is 2.26. The van der Waals surface area contributed by atoms with Gasteiger partial charge < -0.3 is 16.0 Å². The monoisotopic (exact) mass is 457 g/mol. The summed E-state index contributed by atoms with van der Waals surface area (Å²) in [4.78, 5) is 22.0. The molecule has 0 aliphatic heterocycles. The Bertz CT molecular complexity index is 1190. The van der Waals surface area contributed by atoms with Crippen LogP contribution in [0.4, 0.5) is 5.95 Å². The van der Waals surface area contributed by atoms with Crippen molar-refractivity contribution in [1.82, 2.24) is 20.6 Å². The van der Waals surface area contributed by atoms with Crippen LogP contribution in [0.25, 0.3) is 22.0 Å². The van der Waals surface area contributed by atoms with Crippen LogP contribution in [0.1, 0.15) is 68.3 Å². The molecule has 0 radical (unpaired) electrons. The molecule has 2 aromatic carbocycles. The van der Waals surface area contributed by atoms with Crippen molar-refractivity contribution in [3.8, 4) is 11.1 Å². The molecule has 2 fully saturated rings. The van der Waals surface area contributed by atoms with Crippen LogP contribution < -0.4 is 16.0 Å². The van der Waals surface area contributed by atoms with Crippen LogP contribution in [0.2, 0.25) is 0 Å². The molecule has 2 atom stereocenters. The first-order valence-corrected chi connectivity index (χ1v) is 12.7. The lowest BCUT2D eigenvalue weighted by Crippen LogP contribution is -2.48. The van der Waals surface area contributed by atoms with Crippen LogP contribution in [-0.4, -0.2) is 40.0 Å². The summed E-state index contributed by atoms with van der Waals surface area (Å²) < 4.78 is 0. The minimum Gasteiger partial charge on any atom is -0.350 e. The molecule has 3 aromatic rings. The number of amides is 1. The van der Waals surface area contributed by atoms with E-state index in [-0.39, 0.29) is 5.91 Å². The van der Waals surface area contributed by atoms with Gasteiger partial charge in [0.15, 0.2) is 0 Å². The minimum absolute atomic E-state index is 0.0107. The summed E-state index contributed by atoms with van der Waals surface area (Å²) in [5.74, 6) is 0.703. The summed E-state index contributed by atoms with van der Waals surface area (Å²) in [5, 5.41) is 11.4. The average molecular weight is 458 g/mol. The third kappa shape index (κ3) is 5.22. The number of benzene rings is 2. The Kier molecular flexibility index (Phi) is 6.50. The van der Waals surface area contributed by atoms with Crippen LogP contribution in [0, 0.1) is 6.92 Å². The number of carbonyl (C=O) groups is 1. The molecule has 6 nitrogen and oxygen atoms in total. The highest BCUT2D eigenvalue weighted by molar-refractivity contribution is 5.96. The summed E-state index contributed by atoms with van der Waals surface area (Å²) in [6, 6.07) is 13.8. The highest BCUT2D eigenvalue weighted by Crippen LogP contribution is 2.29. The number of anilines is 1. The molecule has 1 aromatic heterocycles. The van der Waals surface area contributed by atoms with Crippen molar-refractivity contribution in [2.24, 2.45) is 0 Å². The zero-order chi connectivity index (χ0) is 23.7. The molecule has 178 valence electrons. The summed E-state index contributed by atoms with van der Waals surface area (Å²) in [7, 11) is 0. The van der Waals surface area contributed by atoms with E-state index in [0.717, 1.165) is 46.9 Å². The van der Waals surface area contributed by atoms with Crippen LogP contribution in [0.5, 0.6) is 0 Å². The molecule has 34 heavy (non-hydrogen) atoms. The van der Waals surface area contributed by atoms with Gasteiger partial charge in [-0.2, -0.15) is 0 Å². The van der Waals surface area contributed by atoms with E-state index in [4.69, 9.17) is 4.98 Å². The molecule has 0 spiro atoms. The zero-order valence-electron chi connectivity index (χ0n) is 20.4. The second-order valence-corrected chi connectivity index (χ2v) is 10.2. The second kappa shape index (κ2) is 9.71. The van der Waals surface area contributed by atoms with Gasteiger partial charge in [0.1, 0.15) is 0 Å². The van der Waals surface area contributed by atoms with E-state index < -0.39 is 0 Å². The van der Waals surface area contributed by atoms with Gasteiger partial charge in [0.05, 0.1) is 5.52 Å². The smallest absolute Gasteiger partial charge is 0.251 e. The fourth-order valence-electron chi connectivity index (χ4n) is 4.94. The van der Waals surface area contributed by atoms with Crippen LogP contribution in [0.3, 0.4) is 0 Å². The number of hydrogen-bond acceptors (Lipinski definition) is 5. The Morgan fingerprint density at radius 2 is 1.79 bits per heavy atom. The van der Waals surface area contributed by atoms with E-state index in [1.54, 1.807) is 0 Å². The quantitative estimate of drug-likeness (QED) is 0.453. The van der Waals surface area contributed by atoms with Crippen molar-refractivity contribution < 1.29 is 4.79 Å². The highest BCUT2D eigenvalue weighted by atomic mass is 16.1. The van der Waals surface area contributed by atoms with Gasteiger partial charge in [0.2, 0.25) is 5.95 Å². The largest absolute Gasteiger partial charge is 0.350 e. The molecule has 0 saturated heterocycles. The normalized spacial score (nSPS) is 20.5. The SMILES string of the molecule is Cc1ccc(C(=O)NC2CC2)cc1-c1ccc2nc(N[C@@H]3CCCC[C@H]3NC(C)C)ncc2c1. The predicted octanol–water partition coefficient (Wildman–Crippen LogP) is 5.22. The number of aromatic nitrogens is 2. The maximum Gasteiger partial charge on any atom is 0.251 e. The third-order valence-electron chi connectivity index (χ3n) is 6.93. The fraction of sp³-hybridized carbons (Fsp3) is 0.464. The molecule has 1 amide bonds. The maximum absolute atomic E-state index is 12.5. The van der Waals surface area contributed by atoms with Gasteiger partial charge in [0, 0.05) is 41.3 Å². The molecule has 6 heteroatoms. The standard InChI is InChI=1S/C28H35N5O/c1-17(2)30-25-6-4-5-7-26(25)33-28-29-16-21-14-19(10-13-24(21)32-28)23-15-20(9-8-18(23)3)27(34)31-22-11-12-22/h8-10,13-17,22,25-26,30H,4-7,11-12H2,1-3H3,(H,31,34)(H,29,32,33)/t25-,26-/m1/s1. The first kappa shape index (κ1) is 22.8. The summed E-state index contributed by atoms with van der Waals surface area (Å²) in [6.45, 7) is 6.48. The van der Waals surface area contributed by atoms with E-state index in [1.807, 2.05) is 24.4 Å². The van der Waals surface area contributed by atoms with Gasteiger partial charge in [-0.1, -0.05) is 38.8 Å². The Morgan fingerprint density at radius 1 is 1.00 bits per heavy atom. The van der Waals surface area contributed by atoms with E-state index in [1.165, 1.54) is 19.3 Å². The van der Waals surface area contributed by atoms with Crippen molar-refractivity contribution >= 4 is 22.8 Å². The van der Waals surface area contributed by atoms with E-state index in [2.05, 4.69) is 59.9 Å². The summed E-state index contributed by atoms with van der Waals surface area (Å²) >= 11 is 0. The number of aryl methyl sites for hydroxylation is 1. The van der Waals surface area contributed by atoms with E-state index in [9.17, 15) is 4.79 Å². The lowest BCUT2D eigenvalue weighted by Gasteiger charge is -2.34. The molecular weight excluding hydrogens is 422 g/mol. The zero-order valence-corrected chi connectivity index (χ0v) is 20.4. The van der Waals surface area contributed by atoms with Gasteiger partial charge in [-0.15, -0.1) is 0 Å². The Morgan fingerprint density at radius 3 is 2.56 bits per heavy atom. The summed E-state index contributed by atoms with van der Waals surface area (Å²) in [6.07, 6.45) is 8.90. The molecule has 0 unspecified atom stereocenters. The molecule has 1 heterocycles. The van der Waals surface area contributed by atoms with Crippen LogP contribution >= 0.6 is 0 Å². The Balaban J connectivity index is 1.36. The van der Waals surface area contributed by atoms with Crippen molar-refractivity contribution in [2.45, 2.75) is 83.5 Å². The predicted molar refractivity (Wildman–Crippen MR) is 138 cm³/mol. The molecular formula is C28H35N5O. The van der Waals surface area contributed by atoms with Gasteiger partial charge in [-0.05, 0) is 73.6 Å². The Labute approximate surface area is 202 Å². The molecule has 5 rings (SSSR count).